The molecule has 2 amide bonds. The van der Waals surface area contributed by atoms with Gasteiger partial charge < -0.3 is 10.6 Å². The van der Waals surface area contributed by atoms with Crippen molar-refractivity contribution in [2.75, 3.05) is 25.0 Å². The Labute approximate surface area is 180 Å². The van der Waals surface area contributed by atoms with Crippen LogP contribution in [0.25, 0.3) is 0 Å². The summed E-state index contributed by atoms with van der Waals surface area (Å²) in [5.74, 6) is -0.402. The van der Waals surface area contributed by atoms with Crippen LogP contribution in [0.1, 0.15) is 44.5 Å². The smallest absolute Gasteiger partial charge is 0.257 e. The Kier molecular flexibility index (Phi) is 6.51. The number of amides is 2. The minimum Gasteiger partial charge on any atom is -0.350 e. The molecule has 1 saturated heterocycles. The van der Waals surface area contributed by atoms with Gasteiger partial charge in [0, 0.05) is 35.1 Å². The molecule has 0 aliphatic carbocycles. The third-order valence-electron chi connectivity index (χ3n) is 5.22. The number of thiophene rings is 1. The number of hydrogen-bond donors (Lipinski definition) is 2. The van der Waals surface area contributed by atoms with Crippen LogP contribution in [-0.4, -0.2) is 41.3 Å². The summed E-state index contributed by atoms with van der Waals surface area (Å²) in [4.78, 5) is 32.8. The number of benzene rings is 1. The number of nitrogens with one attached hydrogen (secondary N) is 2. The van der Waals surface area contributed by atoms with Crippen LogP contribution in [0.4, 0.5) is 5.69 Å². The normalized spacial score (nSPS) is 14.9. The molecule has 3 aromatic rings. The lowest BCUT2D eigenvalue weighted by Gasteiger charge is -2.27. The molecule has 3 heterocycles. The number of pyridine rings is 1. The number of carbonyl (C=O) groups excluding carboxylic acids is 2. The zero-order valence-corrected chi connectivity index (χ0v) is 17.4. The molecular weight excluding hydrogens is 396 g/mol. The van der Waals surface area contributed by atoms with Crippen molar-refractivity contribution < 1.29 is 9.59 Å². The summed E-state index contributed by atoms with van der Waals surface area (Å²) in [5.41, 5.74) is 1.56. The molecule has 1 atom stereocenters. The van der Waals surface area contributed by atoms with Crippen molar-refractivity contribution in [2.24, 2.45) is 0 Å². The van der Waals surface area contributed by atoms with E-state index in [1.807, 2.05) is 0 Å². The lowest BCUT2D eigenvalue weighted by Crippen LogP contribution is -2.36. The number of nitrogens with zero attached hydrogens (tertiary/aromatic N) is 2. The van der Waals surface area contributed by atoms with Gasteiger partial charge in [0.05, 0.1) is 11.6 Å². The van der Waals surface area contributed by atoms with Crippen molar-refractivity contribution in [3.8, 4) is 0 Å². The standard InChI is InChI=1S/C23H24N4O2S/c28-22(25-16-20(21-9-5-13-30-21)27-11-1-2-12-27)17-6-3-8-19(14-17)26-23(29)18-7-4-10-24-15-18/h3-10,13-15,20H,1-2,11-12,16H2,(H,25,28)(H,26,29). The van der Waals surface area contributed by atoms with Crippen LogP contribution in [0.3, 0.4) is 0 Å². The second kappa shape index (κ2) is 9.65. The molecule has 1 unspecified atom stereocenters. The lowest BCUT2D eigenvalue weighted by molar-refractivity contribution is 0.0937. The third-order valence-corrected chi connectivity index (χ3v) is 6.19. The second-order valence-corrected chi connectivity index (χ2v) is 8.24. The second-order valence-electron chi connectivity index (χ2n) is 7.26. The van der Waals surface area contributed by atoms with Crippen LogP contribution in [0, 0.1) is 0 Å². The fourth-order valence-corrected chi connectivity index (χ4v) is 4.53. The first-order chi connectivity index (χ1) is 14.7. The van der Waals surface area contributed by atoms with Crippen molar-refractivity contribution in [3.63, 3.8) is 0 Å². The van der Waals surface area contributed by atoms with Crippen LogP contribution in [0.5, 0.6) is 0 Å². The number of carbonyl (C=O) groups is 2. The Hall–Kier alpha value is -3.03. The minimum atomic E-state index is -0.257. The summed E-state index contributed by atoms with van der Waals surface area (Å²) in [6, 6.07) is 14.8. The van der Waals surface area contributed by atoms with Crippen molar-refractivity contribution in [1.29, 1.82) is 0 Å². The first-order valence-corrected chi connectivity index (χ1v) is 11.0. The maximum atomic E-state index is 12.8. The lowest BCUT2D eigenvalue weighted by atomic mass is 10.1. The Bertz CT molecular complexity index is 985. The summed E-state index contributed by atoms with van der Waals surface area (Å²) >= 11 is 1.73. The van der Waals surface area contributed by atoms with Gasteiger partial charge in [0.1, 0.15) is 0 Å². The van der Waals surface area contributed by atoms with E-state index in [2.05, 4.69) is 38.0 Å². The first-order valence-electron chi connectivity index (χ1n) is 10.1. The molecule has 7 heteroatoms. The molecule has 2 aromatic heterocycles. The van der Waals surface area contributed by atoms with E-state index < -0.39 is 0 Å². The topological polar surface area (TPSA) is 74.3 Å². The molecule has 1 fully saturated rings. The van der Waals surface area contributed by atoms with Gasteiger partial charge in [-0.1, -0.05) is 12.1 Å². The van der Waals surface area contributed by atoms with E-state index in [-0.39, 0.29) is 17.9 Å². The quantitative estimate of drug-likeness (QED) is 0.607. The molecule has 6 nitrogen and oxygen atoms in total. The highest BCUT2D eigenvalue weighted by Crippen LogP contribution is 2.28. The van der Waals surface area contributed by atoms with Gasteiger partial charge in [0.25, 0.3) is 11.8 Å². The van der Waals surface area contributed by atoms with Crippen molar-refractivity contribution in [3.05, 3.63) is 82.3 Å². The number of hydrogen-bond acceptors (Lipinski definition) is 5. The maximum absolute atomic E-state index is 12.8. The first kappa shape index (κ1) is 20.3. The van der Waals surface area contributed by atoms with Gasteiger partial charge in [-0.3, -0.25) is 19.5 Å². The highest BCUT2D eigenvalue weighted by molar-refractivity contribution is 7.10. The molecule has 4 rings (SSSR count). The van der Waals surface area contributed by atoms with E-state index in [1.54, 1.807) is 53.9 Å². The molecule has 2 N–H and O–H groups in total. The number of likely N-dealkylation sites (tertiary alicyclic amines) is 1. The predicted molar refractivity (Wildman–Crippen MR) is 119 cm³/mol. The fraction of sp³-hybridized carbons (Fsp3) is 0.261. The van der Waals surface area contributed by atoms with Crippen molar-refractivity contribution >= 4 is 28.8 Å². The van der Waals surface area contributed by atoms with Gasteiger partial charge in [-0.05, 0) is 67.7 Å². The van der Waals surface area contributed by atoms with Gasteiger partial charge in [0.2, 0.25) is 0 Å². The number of aromatic nitrogens is 1. The fourth-order valence-electron chi connectivity index (χ4n) is 3.67. The van der Waals surface area contributed by atoms with E-state index in [9.17, 15) is 9.59 Å². The average molecular weight is 421 g/mol. The highest BCUT2D eigenvalue weighted by Gasteiger charge is 2.24. The molecule has 1 aromatic carbocycles. The van der Waals surface area contributed by atoms with E-state index in [1.165, 1.54) is 23.9 Å². The van der Waals surface area contributed by atoms with E-state index in [0.717, 1.165) is 13.1 Å². The summed E-state index contributed by atoms with van der Waals surface area (Å²) in [5, 5.41) is 7.98. The van der Waals surface area contributed by atoms with Gasteiger partial charge in [0.15, 0.2) is 0 Å². The van der Waals surface area contributed by atoms with Gasteiger partial charge >= 0.3 is 0 Å². The Balaban J connectivity index is 1.40. The molecule has 1 aliphatic rings. The summed E-state index contributed by atoms with van der Waals surface area (Å²) in [7, 11) is 0. The molecule has 30 heavy (non-hydrogen) atoms. The summed E-state index contributed by atoms with van der Waals surface area (Å²) in [6.07, 6.45) is 5.53. The highest BCUT2D eigenvalue weighted by atomic mass is 32.1. The Morgan fingerprint density at radius 3 is 2.60 bits per heavy atom. The van der Waals surface area contributed by atoms with Crippen molar-refractivity contribution in [1.82, 2.24) is 15.2 Å². The molecule has 0 spiro atoms. The zero-order chi connectivity index (χ0) is 20.8. The summed E-state index contributed by atoms with van der Waals surface area (Å²) in [6.45, 7) is 2.69. The summed E-state index contributed by atoms with van der Waals surface area (Å²) < 4.78 is 0. The minimum absolute atomic E-state index is 0.145. The van der Waals surface area contributed by atoms with E-state index in [4.69, 9.17) is 0 Å². The monoisotopic (exact) mass is 420 g/mol. The van der Waals surface area contributed by atoms with Crippen LogP contribution < -0.4 is 10.6 Å². The third kappa shape index (κ3) is 4.93. The zero-order valence-electron chi connectivity index (χ0n) is 16.6. The molecule has 1 aliphatic heterocycles. The van der Waals surface area contributed by atoms with Gasteiger partial charge in [-0.25, -0.2) is 0 Å². The molecular formula is C23H24N4O2S. The van der Waals surface area contributed by atoms with Crippen LogP contribution in [0.15, 0.2) is 66.3 Å². The maximum Gasteiger partial charge on any atom is 0.257 e. The van der Waals surface area contributed by atoms with Gasteiger partial charge in [-0.2, -0.15) is 0 Å². The van der Waals surface area contributed by atoms with Crippen LogP contribution in [0.2, 0.25) is 0 Å². The van der Waals surface area contributed by atoms with Crippen molar-refractivity contribution in [2.45, 2.75) is 18.9 Å². The van der Waals surface area contributed by atoms with Gasteiger partial charge in [-0.15, -0.1) is 11.3 Å². The van der Waals surface area contributed by atoms with Crippen LogP contribution in [-0.2, 0) is 0 Å². The molecule has 0 radical (unpaired) electrons. The number of rotatable bonds is 7. The molecule has 0 bridgehead atoms. The molecule has 154 valence electrons. The predicted octanol–water partition coefficient (Wildman–Crippen LogP) is 3.96. The largest absolute Gasteiger partial charge is 0.350 e. The Morgan fingerprint density at radius 1 is 1.03 bits per heavy atom. The van der Waals surface area contributed by atoms with E-state index >= 15 is 0 Å². The number of anilines is 1. The average Bonchev–Trinajstić information content (AvgIpc) is 3.50. The van der Waals surface area contributed by atoms with Crippen LogP contribution >= 0.6 is 11.3 Å². The molecule has 0 saturated carbocycles. The Morgan fingerprint density at radius 2 is 1.87 bits per heavy atom. The van der Waals surface area contributed by atoms with E-state index in [0.29, 0.717) is 23.4 Å². The SMILES string of the molecule is O=C(NCC(c1cccs1)N1CCCC1)c1cccc(NC(=O)c2cccnc2)c1.